The van der Waals surface area contributed by atoms with Crippen LogP contribution in [0.5, 0.6) is 5.75 Å². The van der Waals surface area contributed by atoms with Crippen molar-refractivity contribution in [2.45, 2.75) is 82.1 Å². The van der Waals surface area contributed by atoms with E-state index in [1.807, 2.05) is 0 Å². The predicted octanol–water partition coefficient (Wildman–Crippen LogP) is 3.81. The highest BCUT2D eigenvalue weighted by Crippen LogP contribution is 2.40. The predicted molar refractivity (Wildman–Crippen MR) is 116 cm³/mol. The van der Waals surface area contributed by atoms with Gasteiger partial charge in [0.05, 0.1) is 12.1 Å². The average molecular weight is 474 g/mol. The molecule has 0 aromatic heterocycles. The molecule has 3 atom stereocenters. The largest absolute Gasteiger partial charge is 0.495 e. The van der Waals surface area contributed by atoms with Gasteiger partial charge in [-0.25, -0.2) is 4.79 Å². The van der Waals surface area contributed by atoms with Gasteiger partial charge in [-0.05, 0) is 58.6 Å². The van der Waals surface area contributed by atoms with Gasteiger partial charge in [0.1, 0.15) is 11.4 Å². The molecule has 2 aliphatic rings. The minimum absolute atomic E-state index is 0.0811. The topological polar surface area (TPSA) is 93.9 Å². The molecule has 2 heterocycles. The van der Waals surface area contributed by atoms with Crippen molar-refractivity contribution in [2.75, 3.05) is 7.11 Å². The van der Waals surface area contributed by atoms with Crippen molar-refractivity contribution in [1.82, 2.24) is 10.2 Å². The Morgan fingerprint density at radius 3 is 2.34 bits per heavy atom. The summed E-state index contributed by atoms with van der Waals surface area (Å²) in [5.74, 6) is -4.33. The van der Waals surface area contributed by atoms with Crippen LogP contribution in [-0.4, -0.2) is 53.8 Å². The Labute approximate surface area is 191 Å². The van der Waals surface area contributed by atoms with Crippen LogP contribution in [-0.2, 0) is 15.5 Å². The Morgan fingerprint density at radius 2 is 1.81 bits per heavy atom. The van der Waals surface area contributed by atoms with E-state index in [2.05, 4.69) is 5.32 Å². The highest BCUT2D eigenvalue weighted by Gasteiger charge is 2.51. The monoisotopic (exact) mass is 473 g/mol. The van der Waals surface area contributed by atoms with Crippen molar-refractivity contribution in [3.05, 3.63) is 28.8 Å². The molecule has 2 amide bonds. The van der Waals surface area contributed by atoms with E-state index in [-0.39, 0.29) is 28.9 Å². The van der Waals surface area contributed by atoms with E-state index in [0.29, 0.717) is 25.7 Å². The summed E-state index contributed by atoms with van der Waals surface area (Å²) in [6, 6.07) is 0.768. The van der Waals surface area contributed by atoms with E-state index in [1.165, 1.54) is 18.1 Å². The molecule has 2 aliphatic heterocycles. The Hall–Kier alpha value is -2.13. The van der Waals surface area contributed by atoms with E-state index in [0.717, 1.165) is 12.1 Å². The fourth-order valence-electron chi connectivity index (χ4n) is 4.49. The van der Waals surface area contributed by atoms with Gasteiger partial charge < -0.3 is 25.4 Å². The molecule has 3 N–H and O–H groups in total. The van der Waals surface area contributed by atoms with Crippen molar-refractivity contribution in [3.63, 3.8) is 0 Å². The SMILES string of the molecule is COc1cc(C(F)(F)C(N)C(=O)N2C3CCC2CC(NC(=O)OC(C)(C)C)C3)ccc1Cl. The number of hydrogen-bond donors (Lipinski definition) is 2. The molecule has 3 unspecified atom stereocenters. The number of carbonyl (C=O) groups excluding carboxylic acids is 2. The molecule has 32 heavy (non-hydrogen) atoms. The second kappa shape index (κ2) is 9.02. The van der Waals surface area contributed by atoms with Crippen LogP contribution >= 0.6 is 11.6 Å². The van der Waals surface area contributed by atoms with Gasteiger partial charge in [-0.3, -0.25) is 4.79 Å². The first-order chi connectivity index (χ1) is 14.8. The van der Waals surface area contributed by atoms with Crippen LogP contribution in [0.15, 0.2) is 18.2 Å². The molecule has 1 aromatic rings. The van der Waals surface area contributed by atoms with E-state index in [9.17, 15) is 9.59 Å². The lowest BCUT2D eigenvalue weighted by atomic mass is 9.94. The Kier molecular flexibility index (Phi) is 6.91. The lowest BCUT2D eigenvalue weighted by Crippen LogP contribution is -2.59. The van der Waals surface area contributed by atoms with Gasteiger partial charge in [0.2, 0.25) is 5.91 Å². The van der Waals surface area contributed by atoms with Gasteiger partial charge in [0.15, 0.2) is 6.04 Å². The summed E-state index contributed by atoms with van der Waals surface area (Å²) in [5.41, 5.74) is 4.76. The number of alkyl carbamates (subject to hydrolysis) is 1. The maximum absolute atomic E-state index is 15.1. The molecule has 2 fully saturated rings. The van der Waals surface area contributed by atoms with Crippen LogP contribution in [0, 0.1) is 0 Å². The number of halogens is 3. The van der Waals surface area contributed by atoms with Crippen LogP contribution in [0.25, 0.3) is 0 Å². The molecule has 0 spiro atoms. The van der Waals surface area contributed by atoms with Crippen molar-refractivity contribution in [2.24, 2.45) is 5.73 Å². The zero-order chi connectivity index (χ0) is 23.8. The molecule has 0 aliphatic carbocycles. The van der Waals surface area contributed by atoms with E-state index >= 15 is 8.78 Å². The van der Waals surface area contributed by atoms with Crippen LogP contribution in [0.2, 0.25) is 5.02 Å². The number of ether oxygens (including phenoxy) is 2. The van der Waals surface area contributed by atoms with Crippen LogP contribution in [0.3, 0.4) is 0 Å². The number of rotatable bonds is 5. The Balaban J connectivity index is 1.70. The number of nitrogens with one attached hydrogen (secondary N) is 1. The highest BCUT2D eigenvalue weighted by molar-refractivity contribution is 6.32. The number of nitrogens with two attached hydrogens (primary N) is 1. The number of carbonyl (C=O) groups is 2. The molecule has 178 valence electrons. The fourth-order valence-corrected chi connectivity index (χ4v) is 4.69. The van der Waals surface area contributed by atoms with E-state index < -0.39 is 35.1 Å². The number of amides is 2. The molecule has 0 radical (unpaired) electrons. The molecule has 3 rings (SSSR count). The van der Waals surface area contributed by atoms with E-state index in [1.54, 1.807) is 20.8 Å². The van der Waals surface area contributed by atoms with Crippen LogP contribution in [0.4, 0.5) is 13.6 Å². The van der Waals surface area contributed by atoms with Gasteiger partial charge >= 0.3 is 6.09 Å². The minimum atomic E-state index is -3.61. The zero-order valence-corrected chi connectivity index (χ0v) is 19.4. The summed E-state index contributed by atoms with van der Waals surface area (Å²) < 4.78 is 40.6. The number of methoxy groups -OCH3 is 1. The van der Waals surface area contributed by atoms with Gasteiger partial charge in [-0.1, -0.05) is 17.7 Å². The summed E-state index contributed by atoms with van der Waals surface area (Å²) in [5, 5.41) is 3.02. The maximum Gasteiger partial charge on any atom is 0.407 e. The third kappa shape index (κ3) is 5.09. The van der Waals surface area contributed by atoms with Crippen LogP contribution < -0.4 is 15.8 Å². The Morgan fingerprint density at radius 1 is 1.22 bits per heavy atom. The normalized spacial score (nSPS) is 24.1. The quantitative estimate of drug-likeness (QED) is 0.678. The molecular formula is C22H30ClF2N3O4. The number of fused-ring (bicyclic) bond motifs is 2. The lowest BCUT2D eigenvalue weighted by Gasteiger charge is -2.41. The molecule has 0 saturated carbocycles. The van der Waals surface area contributed by atoms with Gasteiger partial charge in [-0.2, -0.15) is 8.78 Å². The summed E-state index contributed by atoms with van der Waals surface area (Å²) in [4.78, 5) is 26.6. The summed E-state index contributed by atoms with van der Waals surface area (Å²) in [6.07, 6.45) is 1.76. The highest BCUT2D eigenvalue weighted by atomic mass is 35.5. The molecule has 7 nitrogen and oxygen atoms in total. The van der Waals surface area contributed by atoms with Gasteiger partial charge in [0, 0.05) is 23.7 Å². The first kappa shape index (κ1) is 24.5. The first-order valence-corrected chi connectivity index (χ1v) is 11.0. The number of hydrogen-bond acceptors (Lipinski definition) is 5. The smallest absolute Gasteiger partial charge is 0.407 e. The standard InChI is InChI=1S/C22H30ClF2N3O4/c1-21(2,3)32-20(30)27-13-10-14-6-7-15(11-13)28(14)19(29)18(26)22(24,25)12-5-8-16(23)17(9-12)31-4/h5,8-9,13-15,18H,6-7,10-11,26H2,1-4H3,(H,27,30). The first-order valence-electron chi connectivity index (χ1n) is 10.6. The fraction of sp³-hybridized carbons (Fsp3) is 0.636. The zero-order valence-electron chi connectivity index (χ0n) is 18.7. The summed E-state index contributed by atoms with van der Waals surface area (Å²) in [6.45, 7) is 5.32. The molecule has 10 heteroatoms. The average Bonchev–Trinajstić information content (AvgIpc) is 2.96. The summed E-state index contributed by atoms with van der Waals surface area (Å²) in [7, 11) is 1.32. The third-order valence-corrected chi connectivity index (χ3v) is 6.21. The van der Waals surface area contributed by atoms with Gasteiger partial charge in [-0.15, -0.1) is 0 Å². The second-order valence-electron chi connectivity index (χ2n) is 9.40. The number of alkyl halides is 2. The number of benzene rings is 1. The third-order valence-electron chi connectivity index (χ3n) is 5.90. The maximum atomic E-state index is 15.1. The lowest BCUT2D eigenvalue weighted by molar-refractivity contribution is -0.147. The molecule has 1 aromatic carbocycles. The number of nitrogens with zero attached hydrogens (tertiary/aromatic N) is 1. The van der Waals surface area contributed by atoms with Crippen molar-refractivity contribution in [3.8, 4) is 5.75 Å². The van der Waals surface area contributed by atoms with Crippen molar-refractivity contribution < 1.29 is 27.8 Å². The van der Waals surface area contributed by atoms with Crippen molar-refractivity contribution >= 4 is 23.6 Å². The number of piperidine rings is 1. The van der Waals surface area contributed by atoms with Crippen molar-refractivity contribution in [1.29, 1.82) is 0 Å². The Bertz CT molecular complexity index is 863. The summed E-state index contributed by atoms with van der Waals surface area (Å²) >= 11 is 5.93. The molecular weight excluding hydrogens is 444 g/mol. The molecule has 2 saturated heterocycles. The molecule has 2 bridgehead atoms. The second-order valence-corrected chi connectivity index (χ2v) is 9.80. The minimum Gasteiger partial charge on any atom is -0.495 e. The van der Waals surface area contributed by atoms with Gasteiger partial charge in [0.25, 0.3) is 5.92 Å². The van der Waals surface area contributed by atoms with Crippen LogP contribution in [0.1, 0.15) is 52.0 Å². The van der Waals surface area contributed by atoms with E-state index in [4.69, 9.17) is 26.8 Å².